The summed E-state index contributed by atoms with van der Waals surface area (Å²) in [4.78, 5) is 25.1. The summed E-state index contributed by atoms with van der Waals surface area (Å²) in [5.41, 5.74) is 0. The van der Waals surface area contributed by atoms with Gasteiger partial charge in [-0.1, -0.05) is 90.9 Å². The minimum absolute atomic E-state index is 0.230. The Bertz CT molecular complexity index is 326. The third-order valence-corrected chi connectivity index (χ3v) is 5.14. The molecule has 172 valence electrons. The molecule has 7 heteroatoms. The second-order valence-electron chi connectivity index (χ2n) is 7.28. The van der Waals surface area contributed by atoms with Crippen LogP contribution in [0, 0.1) is 0 Å². The number of thiol groups is 2. The van der Waals surface area contributed by atoms with Gasteiger partial charge in [0.25, 0.3) is 0 Å². The predicted molar refractivity (Wildman–Crippen MR) is 129 cm³/mol. The van der Waals surface area contributed by atoms with E-state index in [0.717, 1.165) is 25.7 Å². The van der Waals surface area contributed by atoms with Crippen molar-refractivity contribution in [3.05, 3.63) is 0 Å². The van der Waals surface area contributed by atoms with Crippen molar-refractivity contribution in [2.75, 3.05) is 0 Å². The summed E-state index contributed by atoms with van der Waals surface area (Å²) in [6.07, 6.45) is 15.4. The summed E-state index contributed by atoms with van der Waals surface area (Å²) in [6, 6.07) is 0. The molecular weight excluding hydrogens is 511 g/mol. The number of hydrogen-bond donors (Lipinski definition) is 2. The maximum absolute atomic E-state index is 10.3. The van der Waals surface area contributed by atoms with Crippen LogP contribution in [0.25, 0.3) is 0 Å². The fourth-order valence-corrected chi connectivity index (χ4v) is 2.84. The van der Waals surface area contributed by atoms with Gasteiger partial charge in [-0.3, -0.25) is 0 Å². The summed E-state index contributed by atoms with van der Waals surface area (Å²) in [5, 5.41) is 19.4. The Morgan fingerprint density at radius 1 is 0.655 bits per heavy atom. The zero-order valence-electron chi connectivity index (χ0n) is 19.1. The molecule has 2 atom stereocenters. The van der Waals surface area contributed by atoms with Gasteiger partial charge in [0.1, 0.15) is 0 Å². The van der Waals surface area contributed by atoms with Crippen molar-refractivity contribution >= 4 is 58.3 Å². The molecule has 4 nitrogen and oxygen atoms in total. The second kappa shape index (κ2) is 28.4. The van der Waals surface area contributed by atoms with Gasteiger partial charge in [0.05, 0.1) is 11.9 Å². The van der Waals surface area contributed by atoms with Crippen molar-refractivity contribution in [1.29, 1.82) is 0 Å². The molecular formula is C22H44O4S2Sn. The molecule has 0 aliphatic rings. The Hall–Kier alpha value is 0.439. The van der Waals surface area contributed by atoms with Crippen LogP contribution in [-0.2, 0) is 9.59 Å². The van der Waals surface area contributed by atoms with Gasteiger partial charge in [-0.05, 0) is 12.8 Å². The van der Waals surface area contributed by atoms with E-state index >= 15 is 0 Å². The summed E-state index contributed by atoms with van der Waals surface area (Å²) in [6.45, 7) is 4.36. The van der Waals surface area contributed by atoms with E-state index in [9.17, 15) is 19.8 Å². The van der Waals surface area contributed by atoms with Gasteiger partial charge in [-0.25, -0.2) is 0 Å². The number of hydrogen-bond acceptors (Lipinski definition) is 6. The molecule has 0 aromatic rings. The van der Waals surface area contributed by atoms with Gasteiger partial charge in [-0.2, -0.15) is 25.3 Å². The third-order valence-electron chi connectivity index (χ3n) is 4.21. The third kappa shape index (κ3) is 33.3. The molecule has 0 aliphatic carbocycles. The van der Waals surface area contributed by atoms with E-state index in [0.29, 0.717) is 12.8 Å². The molecule has 0 rings (SSSR count). The quantitative estimate of drug-likeness (QED) is 0.169. The summed E-state index contributed by atoms with van der Waals surface area (Å²) in [7, 11) is 0. The van der Waals surface area contributed by atoms with Crippen LogP contribution >= 0.6 is 25.3 Å². The number of aliphatic carboxylic acids is 2. The number of rotatable bonds is 16. The topological polar surface area (TPSA) is 80.3 Å². The number of unbranched alkanes of at least 4 members (excludes halogenated alkanes) is 10. The first-order valence-corrected chi connectivity index (χ1v) is 17.9. The molecule has 0 bridgehead atoms. The minimum atomic E-state index is -1.04. The van der Waals surface area contributed by atoms with Crippen LogP contribution in [0.1, 0.15) is 104 Å². The molecule has 2 unspecified atom stereocenters. The Labute approximate surface area is 201 Å². The number of carbonyl (C=O) groups excluding carboxylic acids is 2. The van der Waals surface area contributed by atoms with Crippen molar-refractivity contribution in [3.8, 4) is 0 Å². The molecule has 0 saturated carbocycles. The SMILES string of the molecule is CCCCCCCCC(S)C(=O)[O-].CCCCCCCCC(S)C(=O)[O-].[CH3][Sn+2][CH3]. The average Bonchev–Trinajstić information content (AvgIpc) is 2.67. The summed E-state index contributed by atoms with van der Waals surface area (Å²) >= 11 is 8.04. The van der Waals surface area contributed by atoms with Crippen LogP contribution in [0.4, 0.5) is 0 Å². The van der Waals surface area contributed by atoms with E-state index in [4.69, 9.17) is 0 Å². The molecule has 0 radical (unpaired) electrons. The van der Waals surface area contributed by atoms with Crippen LogP contribution < -0.4 is 10.2 Å². The Morgan fingerprint density at radius 3 is 1.14 bits per heavy atom. The van der Waals surface area contributed by atoms with E-state index < -0.39 is 22.4 Å². The Morgan fingerprint density at radius 2 is 0.897 bits per heavy atom. The standard InChI is InChI=1S/2C10H20O2S.2CH3.Sn/c2*1-2-3-4-5-6-7-8-9(13)10(11)12;;;/h2*9,13H,2-8H2,1H3,(H,11,12);2*1H3;/q;;;;+2/p-2. The monoisotopic (exact) mass is 556 g/mol. The first-order chi connectivity index (χ1) is 13.8. The number of carboxylic acid groups (broad SMARTS) is 2. The molecule has 0 amide bonds. The van der Waals surface area contributed by atoms with Crippen molar-refractivity contribution < 1.29 is 19.8 Å². The van der Waals surface area contributed by atoms with E-state index in [1.54, 1.807) is 0 Å². The molecule has 0 aromatic heterocycles. The van der Waals surface area contributed by atoms with Crippen molar-refractivity contribution in [1.82, 2.24) is 0 Å². The molecule has 0 aliphatic heterocycles. The molecule has 0 aromatic carbocycles. The summed E-state index contributed by atoms with van der Waals surface area (Å²) < 4.78 is 0. The van der Waals surface area contributed by atoms with Crippen LogP contribution in [0.3, 0.4) is 0 Å². The van der Waals surface area contributed by atoms with E-state index in [2.05, 4.69) is 49.0 Å². The second-order valence-corrected chi connectivity index (χ2v) is 11.4. The van der Waals surface area contributed by atoms with Gasteiger partial charge in [0, 0.05) is 10.5 Å². The molecule has 0 N–H and O–H groups in total. The number of carbonyl (C=O) groups is 2. The van der Waals surface area contributed by atoms with Gasteiger partial charge in [0.15, 0.2) is 0 Å². The van der Waals surface area contributed by atoms with Gasteiger partial charge >= 0.3 is 31.0 Å². The van der Waals surface area contributed by atoms with Crippen molar-refractivity contribution in [2.24, 2.45) is 0 Å². The molecule has 0 heterocycles. The maximum atomic E-state index is 10.3. The van der Waals surface area contributed by atoms with E-state index in [-0.39, 0.29) is 21.1 Å². The Kier molecular flexibility index (Phi) is 33.4. The van der Waals surface area contributed by atoms with Crippen LogP contribution in [-0.4, -0.2) is 43.6 Å². The summed E-state index contributed by atoms with van der Waals surface area (Å²) in [5.74, 6) is -2.09. The fourth-order valence-electron chi connectivity index (χ4n) is 2.47. The molecule has 0 spiro atoms. The van der Waals surface area contributed by atoms with Gasteiger partial charge in [-0.15, -0.1) is 0 Å². The van der Waals surface area contributed by atoms with Crippen LogP contribution in [0.2, 0.25) is 9.88 Å². The van der Waals surface area contributed by atoms with E-state index in [1.807, 2.05) is 0 Å². The van der Waals surface area contributed by atoms with E-state index in [1.165, 1.54) is 51.4 Å². The average molecular weight is 555 g/mol. The number of carboxylic acids is 2. The first kappa shape index (κ1) is 34.1. The van der Waals surface area contributed by atoms with Crippen LogP contribution in [0.5, 0.6) is 0 Å². The van der Waals surface area contributed by atoms with Crippen molar-refractivity contribution in [3.63, 3.8) is 0 Å². The normalized spacial score (nSPS) is 11.8. The van der Waals surface area contributed by atoms with Gasteiger partial charge in [0.2, 0.25) is 0 Å². The molecule has 0 saturated heterocycles. The molecule has 29 heavy (non-hydrogen) atoms. The molecule has 0 fully saturated rings. The van der Waals surface area contributed by atoms with Gasteiger partial charge < -0.3 is 19.8 Å². The first-order valence-electron chi connectivity index (χ1n) is 11.1. The Balaban J connectivity index is -0.000000410. The van der Waals surface area contributed by atoms with Crippen molar-refractivity contribution in [2.45, 2.75) is 124 Å². The predicted octanol–water partition coefficient (Wildman–Crippen LogP) is 4.36. The van der Waals surface area contributed by atoms with Crippen LogP contribution in [0.15, 0.2) is 0 Å². The fraction of sp³-hybridized carbons (Fsp3) is 0.909. The zero-order valence-corrected chi connectivity index (χ0v) is 23.7. The zero-order chi connectivity index (χ0) is 22.9.